The molecule has 0 amide bonds. The van der Waals surface area contributed by atoms with E-state index in [-0.39, 0.29) is 6.04 Å². The summed E-state index contributed by atoms with van der Waals surface area (Å²) in [7, 11) is 1.87. The summed E-state index contributed by atoms with van der Waals surface area (Å²) in [4.78, 5) is 30.1. The van der Waals surface area contributed by atoms with Gasteiger partial charge in [0, 0.05) is 50.8 Å². The summed E-state index contributed by atoms with van der Waals surface area (Å²) in [5.41, 5.74) is 3.92. The Kier molecular flexibility index (Phi) is 6.43. The van der Waals surface area contributed by atoms with E-state index in [1.165, 1.54) is 5.69 Å². The smallest absolute Gasteiger partial charge is 0.227 e. The molecule has 0 radical (unpaired) electrons. The molecule has 0 spiro atoms. The molecule has 0 saturated carbocycles. The zero-order valence-corrected chi connectivity index (χ0v) is 18.8. The van der Waals surface area contributed by atoms with Crippen LogP contribution in [-0.2, 0) is 4.79 Å². The third-order valence-electron chi connectivity index (χ3n) is 5.47. The minimum absolute atomic E-state index is 0.0111. The van der Waals surface area contributed by atoms with Crippen molar-refractivity contribution in [2.24, 2.45) is 0 Å². The molecule has 2 aromatic heterocycles. The van der Waals surface area contributed by atoms with Gasteiger partial charge in [-0.2, -0.15) is 0 Å². The lowest BCUT2D eigenvalue weighted by atomic mass is 10.2. The average Bonchev–Trinajstić information content (AvgIpc) is 3.20. The van der Waals surface area contributed by atoms with Crippen molar-refractivity contribution >= 4 is 40.1 Å². The Morgan fingerprint density at radius 1 is 1.10 bits per heavy atom. The molecule has 0 bridgehead atoms. The van der Waals surface area contributed by atoms with E-state index in [2.05, 4.69) is 47.5 Å². The van der Waals surface area contributed by atoms with Crippen LogP contribution in [0.5, 0.6) is 0 Å². The Labute approximate surface area is 186 Å². The van der Waals surface area contributed by atoms with Crippen molar-refractivity contribution < 1.29 is 4.79 Å². The van der Waals surface area contributed by atoms with Crippen LogP contribution in [0.4, 0.5) is 22.5 Å². The summed E-state index contributed by atoms with van der Waals surface area (Å²) in [5.74, 6) is 0.556. The number of anilines is 4. The van der Waals surface area contributed by atoms with Gasteiger partial charge in [-0.3, -0.25) is 4.90 Å². The van der Waals surface area contributed by atoms with Crippen LogP contribution < -0.4 is 15.5 Å². The number of nitrogens with zero attached hydrogens (tertiary/aromatic N) is 5. The lowest BCUT2D eigenvalue weighted by Crippen LogP contribution is -2.50. The predicted molar refractivity (Wildman–Crippen MR) is 126 cm³/mol. The van der Waals surface area contributed by atoms with Crippen LogP contribution in [0.25, 0.3) is 10.6 Å². The first kappa shape index (κ1) is 21.2. The van der Waals surface area contributed by atoms with Gasteiger partial charge in [-0.15, -0.1) is 0 Å². The topological polar surface area (TPSA) is 86.3 Å². The van der Waals surface area contributed by atoms with Crippen LogP contribution in [0.3, 0.4) is 0 Å². The highest BCUT2D eigenvalue weighted by Gasteiger charge is 2.20. The molecule has 3 aromatic rings. The maximum atomic E-state index is 11.0. The minimum atomic E-state index is -0.0111. The largest absolute Gasteiger partial charge is 0.369 e. The van der Waals surface area contributed by atoms with Gasteiger partial charge in [-0.25, -0.2) is 15.0 Å². The molecule has 3 heterocycles. The van der Waals surface area contributed by atoms with E-state index in [0.29, 0.717) is 5.95 Å². The van der Waals surface area contributed by atoms with Gasteiger partial charge < -0.3 is 20.3 Å². The molecule has 1 fully saturated rings. The van der Waals surface area contributed by atoms with Gasteiger partial charge >= 0.3 is 0 Å². The van der Waals surface area contributed by atoms with Crippen molar-refractivity contribution in [3.63, 3.8) is 0 Å². The van der Waals surface area contributed by atoms with E-state index < -0.39 is 0 Å². The monoisotopic (exact) mass is 437 g/mol. The van der Waals surface area contributed by atoms with Crippen molar-refractivity contribution in [3.05, 3.63) is 42.2 Å². The third-order valence-corrected chi connectivity index (χ3v) is 6.67. The summed E-state index contributed by atoms with van der Waals surface area (Å²) >= 11 is 1.58. The van der Waals surface area contributed by atoms with Gasteiger partial charge in [0.1, 0.15) is 6.29 Å². The number of hydrogen-bond donors (Lipinski definition) is 2. The number of nitrogens with one attached hydrogen (secondary N) is 2. The van der Waals surface area contributed by atoms with Crippen LogP contribution in [0.2, 0.25) is 0 Å². The van der Waals surface area contributed by atoms with E-state index in [4.69, 9.17) is 0 Å². The van der Waals surface area contributed by atoms with Crippen molar-refractivity contribution in [3.8, 4) is 10.6 Å². The summed E-state index contributed by atoms with van der Waals surface area (Å²) in [6.07, 6.45) is 2.78. The van der Waals surface area contributed by atoms with Crippen LogP contribution in [0.15, 0.2) is 36.5 Å². The maximum absolute atomic E-state index is 11.0. The number of piperazine rings is 1. The normalized spacial score (nSPS) is 15.5. The number of aryl methyl sites for hydroxylation is 1. The van der Waals surface area contributed by atoms with Gasteiger partial charge in [-0.05, 0) is 44.2 Å². The predicted octanol–water partition coefficient (Wildman–Crippen LogP) is 3.40. The molecule has 1 unspecified atom stereocenters. The standard InChI is InChI=1S/C22H27N7OS/c1-15(14-30)28-10-12-29(13-11-28)18-6-4-17(5-7-18)26-21-24-9-8-19(27-21)20-16(2)25-22(23-3)31-20/h4-9,14-15H,10-13H2,1-3H3,(H,23,25)(H,24,26,27). The molecule has 1 aliphatic rings. The molecule has 8 nitrogen and oxygen atoms in total. The quantitative estimate of drug-likeness (QED) is 0.544. The Bertz CT molecular complexity index is 1030. The van der Waals surface area contributed by atoms with Gasteiger partial charge in [0.2, 0.25) is 5.95 Å². The molecule has 1 aliphatic heterocycles. The molecule has 2 N–H and O–H groups in total. The SMILES string of the molecule is CNc1nc(C)c(-c2ccnc(Nc3ccc(N4CCN(C(C)C=O)CC4)cc3)n2)s1. The summed E-state index contributed by atoms with van der Waals surface area (Å²) in [6.45, 7) is 7.56. The number of benzene rings is 1. The maximum Gasteiger partial charge on any atom is 0.227 e. The van der Waals surface area contributed by atoms with Crippen LogP contribution in [0.1, 0.15) is 12.6 Å². The molecular formula is C22H27N7OS. The highest BCUT2D eigenvalue weighted by Crippen LogP contribution is 2.31. The number of thiazole rings is 1. The van der Waals surface area contributed by atoms with E-state index in [1.54, 1.807) is 17.5 Å². The van der Waals surface area contributed by atoms with Gasteiger partial charge in [0.25, 0.3) is 0 Å². The lowest BCUT2D eigenvalue weighted by molar-refractivity contribution is -0.112. The van der Waals surface area contributed by atoms with Crippen molar-refractivity contribution in [2.45, 2.75) is 19.9 Å². The zero-order chi connectivity index (χ0) is 21.8. The second-order valence-electron chi connectivity index (χ2n) is 7.52. The second-order valence-corrected chi connectivity index (χ2v) is 8.52. The van der Waals surface area contributed by atoms with E-state index in [9.17, 15) is 4.79 Å². The highest BCUT2D eigenvalue weighted by atomic mass is 32.1. The van der Waals surface area contributed by atoms with Gasteiger partial charge in [-0.1, -0.05) is 11.3 Å². The molecule has 31 heavy (non-hydrogen) atoms. The molecule has 1 saturated heterocycles. The van der Waals surface area contributed by atoms with E-state index >= 15 is 0 Å². The number of hydrogen-bond acceptors (Lipinski definition) is 9. The lowest BCUT2D eigenvalue weighted by Gasteiger charge is -2.37. The Morgan fingerprint density at radius 3 is 2.48 bits per heavy atom. The van der Waals surface area contributed by atoms with Gasteiger partial charge in [0.15, 0.2) is 5.13 Å². The first-order valence-electron chi connectivity index (χ1n) is 10.4. The minimum Gasteiger partial charge on any atom is -0.369 e. The van der Waals surface area contributed by atoms with Crippen LogP contribution in [-0.4, -0.2) is 65.4 Å². The fourth-order valence-corrected chi connectivity index (χ4v) is 4.53. The van der Waals surface area contributed by atoms with Crippen molar-refractivity contribution in [2.75, 3.05) is 48.8 Å². The molecule has 1 atom stereocenters. The Balaban J connectivity index is 1.42. The second kappa shape index (κ2) is 9.40. The Morgan fingerprint density at radius 2 is 1.84 bits per heavy atom. The number of aldehydes is 1. The van der Waals surface area contributed by atoms with E-state index in [0.717, 1.165) is 59.5 Å². The average molecular weight is 438 g/mol. The fourth-order valence-electron chi connectivity index (χ4n) is 3.64. The Hall–Kier alpha value is -3.04. The number of carbonyl (C=O) groups excluding carboxylic acids is 1. The van der Waals surface area contributed by atoms with Crippen molar-refractivity contribution in [1.29, 1.82) is 0 Å². The number of carbonyl (C=O) groups is 1. The van der Waals surface area contributed by atoms with Crippen LogP contribution >= 0.6 is 11.3 Å². The van der Waals surface area contributed by atoms with E-state index in [1.807, 2.05) is 39.1 Å². The fraction of sp³-hybridized carbons (Fsp3) is 0.364. The molecule has 4 rings (SSSR count). The first-order chi connectivity index (χ1) is 15.1. The zero-order valence-electron chi connectivity index (χ0n) is 18.0. The summed E-state index contributed by atoms with van der Waals surface area (Å²) in [6, 6.07) is 10.2. The molecule has 9 heteroatoms. The molecular weight excluding hydrogens is 410 g/mol. The summed E-state index contributed by atoms with van der Waals surface area (Å²) < 4.78 is 0. The van der Waals surface area contributed by atoms with Crippen LogP contribution in [0, 0.1) is 6.92 Å². The summed E-state index contributed by atoms with van der Waals surface area (Å²) in [5, 5.41) is 7.25. The highest BCUT2D eigenvalue weighted by molar-refractivity contribution is 7.19. The van der Waals surface area contributed by atoms with Gasteiger partial charge in [0.05, 0.1) is 22.3 Å². The number of rotatable bonds is 7. The molecule has 0 aliphatic carbocycles. The molecule has 1 aromatic carbocycles. The third kappa shape index (κ3) is 4.83. The number of aromatic nitrogens is 3. The van der Waals surface area contributed by atoms with Crippen molar-refractivity contribution in [1.82, 2.24) is 19.9 Å². The molecule has 162 valence electrons. The first-order valence-corrected chi connectivity index (χ1v) is 11.2.